The molecule has 5 rings (SSSR count). The maximum Gasteiger partial charge on any atom is 0.255 e. The lowest BCUT2D eigenvalue weighted by atomic mass is 9.94. The Kier molecular flexibility index (Phi) is 8.07. The van der Waals surface area contributed by atoms with E-state index in [1.807, 2.05) is 37.3 Å². The summed E-state index contributed by atoms with van der Waals surface area (Å²) >= 11 is 18.4. The number of hydrogen-bond acceptors (Lipinski definition) is 7. The Labute approximate surface area is 245 Å². The maximum atomic E-state index is 13.8. The summed E-state index contributed by atoms with van der Waals surface area (Å²) in [6.45, 7) is 2.09. The van der Waals surface area contributed by atoms with E-state index < -0.39 is 6.04 Å². The average Bonchev–Trinajstić information content (AvgIpc) is 3.41. The molecule has 3 aromatic carbocycles. The molecule has 0 fully saturated rings. The number of hydrogen-bond donors (Lipinski definition) is 2. The van der Waals surface area contributed by atoms with Gasteiger partial charge in [0, 0.05) is 17.8 Å². The van der Waals surface area contributed by atoms with Gasteiger partial charge >= 0.3 is 0 Å². The van der Waals surface area contributed by atoms with Gasteiger partial charge in [0.2, 0.25) is 5.95 Å². The van der Waals surface area contributed by atoms with Gasteiger partial charge in [0.1, 0.15) is 36.2 Å². The number of methoxy groups -OCH3 is 2. The van der Waals surface area contributed by atoms with Gasteiger partial charge in [-0.05, 0) is 42.3 Å². The van der Waals surface area contributed by atoms with Crippen LogP contribution in [0.25, 0.3) is 0 Å². The molecule has 1 aromatic heterocycles. The van der Waals surface area contributed by atoms with E-state index in [0.29, 0.717) is 55.2 Å². The molecule has 0 bridgehead atoms. The fraction of sp³-hybridized carbons (Fsp3) is 0.179. The Morgan fingerprint density at radius 2 is 1.80 bits per heavy atom. The molecule has 1 aliphatic heterocycles. The van der Waals surface area contributed by atoms with Crippen molar-refractivity contribution in [1.82, 2.24) is 14.8 Å². The van der Waals surface area contributed by atoms with Crippen molar-refractivity contribution in [2.75, 3.05) is 24.9 Å². The standard InChI is InChI=1S/C28H24Cl3N5O4/c1-15-25(27(37)35-22-12-23(38-2)21(31)11-24(22)39-3)26(36-28(34-15)32-14-33-36)17-5-4-6-18(10-17)40-13-16-7-8-19(29)20(30)9-16/h4-12,14,26H,13H2,1-3H3,(H,35,37)(H,32,33,34)/t26-/m1/s1. The van der Waals surface area contributed by atoms with Crippen LogP contribution >= 0.6 is 34.8 Å². The number of fused-ring (bicyclic) bond motifs is 1. The van der Waals surface area contributed by atoms with E-state index in [1.54, 1.807) is 28.9 Å². The molecule has 2 heterocycles. The van der Waals surface area contributed by atoms with Crippen molar-refractivity contribution in [3.8, 4) is 17.2 Å². The Bertz CT molecular complexity index is 1620. The second-order valence-corrected chi connectivity index (χ2v) is 10.1. The van der Waals surface area contributed by atoms with Crippen LogP contribution in [0.1, 0.15) is 24.1 Å². The molecule has 0 spiro atoms. The van der Waals surface area contributed by atoms with Crippen LogP contribution in [-0.2, 0) is 11.4 Å². The summed E-state index contributed by atoms with van der Waals surface area (Å²) in [4.78, 5) is 18.2. The zero-order chi connectivity index (χ0) is 28.4. The van der Waals surface area contributed by atoms with Crippen LogP contribution in [0.4, 0.5) is 11.6 Å². The Hall–Kier alpha value is -3.92. The van der Waals surface area contributed by atoms with Crippen molar-refractivity contribution in [3.05, 3.63) is 98.4 Å². The second kappa shape index (κ2) is 11.7. The quantitative estimate of drug-likeness (QED) is 0.230. The van der Waals surface area contributed by atoms with Gasteiger partial charge < -0.3 is 24.8 Å². The second-order valence-electron chi connectivity index (χ2n) is 8.85. The van der Waals surface area contributed by atoms with Crippen molar-refractivity contribution < 1.29 is 19.0 Å². The van der Waals surface area contributed by atoms with Crippen molar-refractivity contribution in [3.63, 3.8) is 0 Å². The van der Waals surface area contributed by atoms with Crippen LogP contribution in [0.3, 0.4) is 0 Å². The number of nitrogens with zero attached hydrogens (tertiary/aromatic N) is 3. The number of benzene rings is 3. The number of halogens is 3. The minimum absolute atomic E-state index is 0.279. The Morgan fingerprint density at radius 1 is 1.00 bits per heavy atom. The van der Waals surface area contributed by atoms with Gasteiger partial charge in [-0.3, -0.25) is 4.79 Å². The van der Waals surface area contributed by atoms with Crippen LogP contribution in [0.15, 0.2) is 72.2 Å². The number of nitrogens with one attached hydrogen (secondary N) is 2. The maximum absolute atomic E-state index is 13.8. The molecule has 206 valence electrons. The Morgan fingerprint density at radius 3 is 2.55 bits per heavy atom. The summed E-state index contributed by atoms with van der Waals surface area (Å²) in [5.74, 6) is 1.52. The molecule has 0 aliphatic carbocycles. The monoisotopic (exact) mass is 599 g/mol. The number of aromatic nitrogens is 3. The zero-order valence-electron chi connectivity index (χ0n) is 21.7. The fourth-order valence-electron chi connectivity index (χ4n) is 4.41. The van der Waals surface area contributed by atoms with E-state index in [1.165, 1.54) is 20.5 Å². The summed E-state index contributed by atoms with van der Waals surface area (Å²) in [6.07, 6.45) is 1.43. The van der Waals surface area contributed by atoms with Crippen molar-refractivity contribution in [2.45, 2.75) is 19.6 Å². The third-order valence-electron chi connectivity index (χ3n) is 6.32. The number of anilines is 2. The summed E-state index contributed by atoms with van der Waals surface area (Å²) in [5, 5.41) is 11.8. The highest BCUT2D eigenvalue weighted by atomic mass is 35.5. The lowest BCUT2D eigenvalue weighted by Gasteiger charge is -2.29. The van der Waals surface area contributed by atoms with Crippen molar-refractivity contribution in [2.24, 2.45) is 0 Å². The highest BCUT2D eigenvalue weighted by Gasteiger charge is 2.34. The topological polar surface area (TPSA) is 99.5 Å². The van der Waals surface area contributed by atoms with Crippen LogP contribution in [0, 0.1) is 0 Å². The molecule has 1 atom stereocenters. The predicted octanol–water partition coefficient (Wildman–Crippen LogP) is 6.76. The van der Waals surface area contributed by atoms with Gasteiger partial charge in [0.15, 0.2) is 0 Å². The Balaban J connectivity index is 1.47. The molecule has 1 amide bonds. The molecule has 0 saturated carbocycles. The molecule has 0 unspecified atom stereocenters. The minimum atomic E-state index is -0.604. The van der Waals surface area contributed by atoms with E-state index in [0.717, 1.165) is 11.1 Å². The number of carbonyl (C=O) groups excluding carboxylic acids is 1. The first-order chi connectivity index (χ1) is 19.3. The van der Waals surface area contributed by atoms with Crippen LogP contribution in [0.5, 0.6) is 17.2 Å². The van der Waals surface area contributed by atoms with Gasteiger partial charge in [-0.2, -0.15) is 10.1 Å². The van der Waals surface area contributed by atoms with E-state index in [2.05, 4.69) is 20.7 Å². The van der Waals surface area contributed by atoms with Gasteiger partial charge in [-0.25, -0.2) is 4.68 Å². The molecular weight excluding hydrogens is 577 g/mol. The summed E-state index contributed by atoms with van der Waals surface area (Å²) in [5.41, 5.74) is 3.07. The number of amides is 1. The van der Waals surface area contributed by atoms with Crippen molar-refractivity contribution >= 4 is 52.3 Å². The molecule has 0 radical (unpaired) electrons. The van der Waals surface area contributed by atoms with Gasteiger partial charge in [0.25, 0.3) is 5.91 Å². The molecule has 2 N–H and O–H groups in total. The molecule has 40 heavy (non-hydrogen) atoms. The van der Waals surface area contributed by atoms with Crippen LogP contribution in [-0.4, -0.2) is 34.9 Å². The van der Waals surface area contributed by atoms with Gasteiger partial charge in [-0.1, -0.05) is 53.0 Å². The van der Waals surface area contributed by atoms with E-state index in [9.17, 15) is 4.79 Å². The van der Waals surface area contributed by atoms with E-state index in [-0.39, 0.29) is 12.5 Å². The van der Waals surface area contributed by atoms with Crippen molar-refractivity contribution in [1.29, 1.82) is 0 Å². The zero-order valence-corrected chi connectivity index (χ0v) is 23.9. The number of allylic oxidation sites excluding steroid dienone is 1. The number of carbonyl (C=O) groups is 1. The highest BCUT2D eigenvalue weighted by molar-refractivity contribution is 6.42. The molecule has 9 nitrogen and oxygen atoms in total. The first-order valence-electron chi connectivity index (χ1n) is 12.1. The average molecular weight is 601 g/mol. The third-order valence-corrected chi connectivity index (χ3v) is 7.36. The third kappa shape index (κ3) is 5.54. The first kappa shape index (κ1) is 27.6. The molecule has 12 heteroatoms. The SMILES string of the molecule is COc1cc(NC(=O)C2=C(C)Nc3ncnn3[C@@H]2c2cccc(OCc3ccc(Cl)c(Cl)c3)c2)c(OC)cc1Cl. The predicted molar refractivity (Wildman–Crippen MR) is 155 cm³/mol. The normalized spacial score (nSPS) is 14.3. The van der Waals surface area contributed by atoms with Crippen LogP contribution < -0.4 is 24.8 Å². The molecule has 4 aromatic rings. The first-order valence-corrected chi connectivity index (χ1v) is 13.2. The molecular formula is C28H24Cl3N5O4. The number of rotatable bonds is 8. The lowest BCUT2D eigenvalue weighted by molar-refractivity contribution is -0.113. The lowest BCUT2D eigenvalue weighted by Crippen LogP contribution is -2.31. The highest BCUT2D eigenvalue weighted by Crippen LogP contribution is 2.39. The molecule has 0 saturated heterocycles. The fourth-order valence-corrected chi connectivity index (χ4v) is 4.96. The summed E-state index contributed by atoms with van der Waals surface area (Å²) in [6, 6.07) is 15.4. The van der Waals surface area contributed by atoms with E-state index in [4.69, 9.17) is 49.0 Å². The molecule has 1 aliphatic rings. The van der Waals surface area contributed by atoms with Gasteiger partial charge in [0.05, 0.1) is 40.5 Å². The minimum Gasteiger partial charge on any atom is -0.495 e. The largest absolute Gasteiger partial charge is 0.495 e. The number of ether oxygens (including phenoxy) is 3. The van der Waals surface area contributed by atoms with Crippen LogP contribution in [0.2, 0.25) is 15.1 Å². The van der Waals surface area contributed by atoms with E-state index >= 15 is 0 Å². The smallest absolute Gasteiger partial charge is 0.255 e. The van der Waals surface area contributed by atoms with Gasteiger partial charge in [-0.15, -0.1) is 0 Å². The summed E-state index contributed by atoms with van der Waals surface area (Å²) < 4.78 is 18.5. The summed E-state index contributed by atoms with van der Waals surface area (Å²) in [7, 11) is 2.99.